The lowest BCUT2D eigenvalue weighted by Gasteiger charge is -2.01. The van der Waals surface area contributed by atoms with Gasteiger partial charge in [-0.15, -0.1) is 0 Å². The molecule has 1 aromatic rings. The molecule has 0 atom stereocenters. The topological polar surface area (TPSA) is 46.0 Å². The van der Waals surface area contributed by atoms with Crippen molar-refractivity contribution in [3.8, 4) is 0 Å². The number of rotatable bonds is 4. The lowest BCUT2D eigenvalue weighted by atomic mass is 10.2. The first kappa shape index (κ1) is 11.1. The molecule has 0 saturated heterocycles. The second-order valence-electron chi connectivity index (χ2n) is 2.98. The fourth-order valence-electron chi connectivity index (χ4n) is 1.19. The Kier molecular flexibility index (Phi) is 4.00. The Morgan fingerprint density at radius 3 is 2.57 bits per heavy atom. The molecule has 0 aliphatic carbocycles. The molecular weight excluding hydrogens is 196 g/mol. The van der Waals surface area contributed by atoms with Gasteiger partial charge < -0.3 is 0 Å². The minimum absolute atomic E-state index is 0.571. The van der Waals surface area contributed by atoms with Crippen LogP contribution in [0.25, 0.3) is 0 Å². The van der Waals surface area contributed by atoms with E-state index in [2.05, 4.69) is 29.1 Å². The maximum Gasteiger partial charge on any atom is 0.216 e. The van der Waals surface area contributed by atoms with Crippen molar-refractivity contribution in [1.29, 1.82) is 0 Å². The van der Waals surface area contributed by atoms with Gasteiger partial charge in [-0.2, -0.15) is 14.9 Å². The summed E-state index contributed by atoms with van der Waals surface area (Å²) in [4.78, 5) is 0. The van der Waals surface area contributed by atoms with E-state index in [4.69, 9.17) is 12.2 Å². The summed E-state index contributed by atoms with van der Waals surface area (Å²) in [5.74, 6) is 0.884. The Balaban J connectivity index is 3.11. The quantitative estimate of drug-likeness (QED) is 0.615. The first-order valence-corrected chi connectivity index (χ1v) is 5.36. The number of H-pyrrole nitrogens is 1. The largest absolute Gasteiger partial charge is 0.250 e. The van der Waals surface area contributed by atoms with Crippen LogP contribution in [0.15, 0.2) is 5.10 Å². The van der Waals surface area contributed by atoms with Crippen molar-refractivity contribution >= 4 is 17.9 Å². The average Bonchev–Trinajstić information content (AvgIpc) is 2.56. The van der Waals surface area contributed by atoms with Crippen molar-refractivity contribution in [3.63, 3.8) is 0 Å². The number of aryl methyl sites for hydroxylation is 1. The zero-order valence-electron chi connectivity index (χ0n) is 8.87. The minimum Gasteiger partial charge on any atom is -0.250 e. The molecule has 78 valence electrons. The van der Waals surface area contributed by atoms with Gasteiger partial charge in [0.05, 0.1) is 0 Å². The van der Waals surface area contributed by atoms with Crippen molar-refractivity contribution in [2.45, 2.75) is 40.0 Å². The zero-order valence-corrected chi connectivity index (χ0v) is 9.69. The molecule has 0 spiro atoms. The third-order valence-electron chi connectivity index (χ3n) is 2.09. The van der Waals surface area contributed by atoms with Crippen molar-refractivity contribution < 1.29 is 0 Å². The van der Waals surface area contributed by atoms with Crippen LogP contribution in [-0.2, 0) is 6.42 Å². The molecule has 0 radical (unpaired) electrons. The van der Waals surface area contributed by atoms with E-state index in [1.54, 1.807) is 4.68 Å². The number of hydrogen-bond acceptors (Lipinski definition) is 3. The molecule has 1 aromatic heterocycles. The summed E-state index contributed by atoms with van der Waals surface area (Å²) in [6.07, 6.45) is 2.73. The molecule has 0 aromatic carbocycles. The molecular formula is C9H16N4S. The van der Waals surface area contributed by atoms with Gasteiger partial charge >= 0.3 is 0 Å². The predicted molar refractivity (Wildman–Crippen MR) is 60.2 cm³/mol. The normalized spacial score (nSPS) is 10.2. The van der Waals surface area contributed by atoms with Crippen LogP contribution in [0.2, 0.25) is 0 Å². The van der Waals surface area contributed by atoms with Crippen LogP contribution in [0.5, 0.6) is 0 Å². The van der Waals surface area contributed by atoms with Gasteiger partial charge in [0.25, 0.3) is 0 Å². The van der Waals surface area contributed by atoms with Crippen LogP contribution in [0.1, 0.15) is 39.4 Å². The van der Waals surface area contributed by atoms with Gasteiger partial charge in [-0.1, -0.05) is 20.8 Å². The van der Waals surface area contributed by atoms with Gasteiger partial charge in [-0.25, -0.2) is 0 Å². The van der Waals surface area contributed by atoms with Crippen LogP contribution in [-0.4, -0.2) is 20.6 Å². The fraction of sp³-hybridized carbons (Fsp3) is 0.667. The average molecular weight is 212 g/mol. The van der Waals surface area contributed by atoms with E-state index in [1.165, 1.54) is 0 Å². The first-order chi connectivity index (χ1) is 6.72. The van der Waals surface area contributed by atoms with E-state index < -0.39 is 0 Å². The molecule has 5 heteroatoms. The van der Waals surface area contributed by atoms with Gasteiger partial charge in [0.2, 0.25) is 4.77 Å². The molecule has 0 aliphatic heterocycles. The molecule has 1 heterocycles. The molecule has 0 aliphatic rings. The Hall–Kier alpha value is -0.970. The smallest absolute Gasteiger partial charge is 0.216 e. The van der Waals surface area contributed by atoms with Gasteiger partial charge in [0.1, 0.15) is 0 Å². The number of hydrogen-bond donors (Lipinski definition) is 1. The van der Waals surface area contributed by atoms with E-state index in [1.807, 2.05) is 6.92 Å². The fourth-order valence-corrected chi connectivity index (χ4v) is 1.38. The van der Waals surface area contributed by atoms with Gasteiger partial charge in [-0.3, -0.25) is 5.10 Å². The Morgan fingerprint density at radius 2 is 2.07 bits per heavy atom. The van der Waals surface area contributed by atoms with E-state index in [9.17, 15) is 0 Å². The minimum atomic E-state index is 0.571. The van der Waals surface area contributed by atoms with Gasteiger partial charge in [0.15, 0.2) is 5.82 Å². The number of aromatic nitrogens is 3. The van der Waals surface area contributed by atoms with Crippen LogP contribution >= 0.6 is 12.2 Å². The molecule has 4 nitrogen and oxygen atoms in total. The Bertz CT molecular complexity index is 368. The summed E-state index contributed by atoms with van der Waals surface area (Å²) < 4.78 is 2.29. The maximum absolute atomic E-state index is 5.09. The lowest BCUT2D eigenvalue weighted by Crippen LogP contribution is -2.02. The first-order valence-electron chi connectivity index (χ1n) is 4.95. The van der Waals surface area contributed by atoms with E-state index in [-0.39, 0.29) is 0 Å². The van der Waals surface area contributed by atoms with Crippen molar-refractivity contribution in [2.24, 2.45) is 5.10 Å². The summed E-state index contributed by atoms with van der Waals surface area (Å²) in [6, 6.07) is 0. The zero-order chi connectivity index (χ0) is 10.6. The van der Waals surface area contributed by atoms with Crippen molar-refractivity contribution in [1.82, 2.24) is 14.9 Å². The molecule has 14 heavy (non-hydrogen) atoms. The molecule has 0 saturated carbocycles. The standard InChI is InChI=1S/C9H16N4S/c1-4-7(5-2)12-13-8(6-3)10-11-9(13)14/h4-6H2,1-3H3,(H,11,14). The van der Waals surface area contributed by atoms with E-state index >= 15 is 0 Å². The van der Waals surface area contributed by atoms with Gasteiger partial charge in [0, 0.05) is 12.1 Å². The van der Waals surface area contributed by atoms with Crippen molar-refractivity contribution in [2.75, 3.05) is 0 Å². The molecule has 0 fully saturated rings. The third-order valence-corrected chi connectivity index (χ3v) is 2.36. The lowest BCUT2D eigenvalue weighted by molar-refractivity contribution is 0.767. The van der Waals surface area contributed by atoms with Crippen LogP contribution in [0.3, 0.4) is 0 Å². The van der Waals surface area contributed by atoms with Crippen LogP contribution in [0.4, 0.5) is 0 Å². The highest BCUT2D eigenvalue weighted by molar-refractivity contribution is 7.71. The van der Waals surface area contributed by atoms with Crippen molar-refractivity contribution in [3.05, 3.63) is 10.6 Å². The number of nitrogens with zero attached hydrogens (tertiary/aromatic N) is 3. The van der Waals surface area contributed by atoms with E-state index in [0.29, 0.717) is 4.77 Å². The van der Waals surface area contributed by atoms with E-state index in [0.717, 1.165) is 30.8 Å². The van der Waals surface area contributed by atoms with Crippen LogP contribution < -0.4 is 0 Å². The van der Waals surface area contributed by atoms with Gasteiger partial charge in [-0.05, 0) is 25.1 Å². The maximum atomic E-state index is 5.09. The monoisotopic (exact) mass is 212 g/mol. The second kappa shape index (κ2) is 5.05. The Labute approximate surface area is 89.0 Å². The number of nitrogens with one attached hydrogen (secondary N) is 1. The SMILES string of the molecule is CCC(CC)=Nn1c(CC)n[nH]c1=S. The summed E-state index contributed by atoms with van der Waals surface area (Å²) in [5.41, 5.74) is 1.14. The molecule has 0 bridgehead atoms. The molecule has 1 N–H and O–H groups in total. The summed E-state index contributed by atoms with van der Waals surface area (Å²) >= 11 is 5.09. The molecule has 0 amide bonds. The highest BCUT2D eigenvalue weighted by Gasteiger charge is 2.02. The second-order valence-corrected chi connectivity index (χ2v) is 3.37. The molecule has 1 rings (SSSR count). The highest BCUT2D eigenvalue weighted by Crippen LogP contribution is 2.01. The summed E-state index contributed by atoms with van der Waals surface area (Å²) in [5, 5.41) is 11.3. The molecule has 0 unspecified atom stereocenters. The number of aromatic amines is 1. The predicted octanol–water partition coefficient (Wildman–Crippen LogP) is 2.53. The third kappa shape index (κ3) is 2.29. The summed E-state index contributed by atoms with van der Waals surface area (Å²) in [7, 11) is 0. The van der Waals surface area contributed by atoms with Crippen LogP contribution in [0, 0.1) is 4.77 Å². The highest BCUT2D eigenvalue weighted by atomic mass is 32.1. The summed E-state index contributed by atoms with van der Waals surface area (Å²) in [6.45, 7) is 6.23. The Morgan fingerprint density at radius 1 is 1.43 bits per heavy atom.